The van der Waals surface area contributed by atoms with E-state index in [0.717, 1.165) is 13.0 Å². The van der Waals surface area contributed by atoms with E-state index in [1.54, 1.807) is 0 Å². The summed E-state index contributed by atoms with van der Waals surface area (Å²) in [5, 5.41) is 7.39. The molecule has 3 unspecified atom stereocenters. The molecular weight excluding hydrogens is 190 g/mol. The van der Waals surface area contributed by atoms with Crippen molar-refractivity contribution in [2.45, 2.75) is 57.7 Å². The van der Waals surface area contributed by atoms with Gasteiger partial charge in [-0.1, -0.05) is 6.42 Å². The van der Waals surface area contributed by atoms with Crippen molar-refractivity contribution in [3.05, 3.63) is 0 Å². The van der Waals surface area contributed by atoms with Crippen LogP contribution in [0.25, 0.3) is 0 Å². The van der Waals surface area contributed by atoms with Crippen molar-refractivity contribution in [3.8, 4) is 0 Å². The van der Waals surface area contributed by atoms with Crippen LogP contribution in [0.1, 0.15) is 39.5 Å². The van der Waals surface area contributed by atoms with E-state index in [0.29, 0.717) is 24.0 Å². The lowest BCUT2D eigenvalue weighted by molar-refractivity contribution is 0.0751. The number of likely N-dealkylation sites (tertiary alicyclic amines) is 1. The molecule has 0 aromatic carbocycles. The predicted molar refractivity (Wildman–Crippen MR) is 59.8 cm³/mol. The van der Waals surface area contributed by atoms with Crippen LogP contribution >= 0.6 is 0 Å². The molecule has 2 N–H and O–H groups in total. The van der Waals surface area contributed by atoms with E-state index in [9.17, 15) is 0 Å². The Balaban J connectivity index is 1.88. The van der Waals surface area contributed by atoms with E-state index in [4.69, 9.17) is 10.2 Å². The number of hydrogen-bond donors (Lipinski definition) is 2. The molecule has 4 heteroatoms. The van der Waals surface area contributed by atoms with Gasteiger partial charge in [0, 0.05) is 25.0 Å². The minimum atomic E-state index is 0.306. The van der Waals surface area contributed by atoms with E-state index in [1.165, 1.54) is 19.3 Å². The largest absolute Gasteiger partial charge is 0.393 e. The molecule has 2 rings (SSSR count). The Morgan fingerprint density at radius 1 is 1.40 bits per heavy atom. The van der Waals surface area contributed by atoms with Crippen molar-refractivity contribution in [2.24, 2.45) is 0 Å². The number of hydroxylamine groups is 1. The van der Waals surface area contributed by atoms with E-state index in [1.807, 2.05) is 0 Å². The molecule has 0 saturated carbocycles. The molecule has 2 heterocycles. The first-order valence-corrected chi connectivity index (χ1v) is 5.92. The fourth-order valence-electron chi connectivity index (χ4n) is 2.65. The molecule has 4 nitrogen and oxygen atoms in total. The zero-order valence-electron chi connectivity index (χ0n) is 9.62. The molecule has 0 aliphatic carbocycles. The first kappa shape index (κ1) is 10.9. The second kappa shape index (κ2) is 4.49. The van der Waals surface area contributed by atoms with Gasteiger partial charge in [0.2, 0.25) is 5.90 Å². The second-order valence-corrected chi connectivity index (χ2v) is 4.87. The van der Waals surface area contributed by atoms with E-state index in [-0.39, 0.29) is 0 Å². The van der Waals surface area contributed by atoms with Crippen LogP contribution in [-0.2, 0) is 4.84 Å². The summed E-state index contributed by atoms with van der Waals surface area (Å²) in [6.45, 7) is 5.61. The molecule has 0 amide bonds. The minimum absolute atomic E-state index is 0.306. The molecule has 2 aliphatic rings. The number of nitrogens with zero attached hydrogens (tertiary/aromatic N) is 1. The van der Waals surface area contributed by atoms with Crippen LogP contribution in [-0.4, -0.2) is 35.5 Å². The van der Waals surface area contributed by atoms with Crippen LogP contribution < -0.4 is 5.48 Å². The SMILES string of the molecule is CC1CCCC(C)N1CC1CC(=N)ON1. The highest BCUT2D eigenvalue weighted by Gasteiger charge is 2.30. The van der Waals surface area contributed by atoms with Gasteiger partial charge in [0.15, 0.2) is 0 Å². The first-order chi connectivity index (χ1) is 7.16. The Hall–Kier alpha value is -0.610. The summed E-state index contributed by atoms with van der Waals surface area (Å²) in [5.74, 6) is 0.373. The molecule has 2 saturated heterocycles. The number of piperidine rings is 1. The predicted octanol–water partition coefficient (Wildman–Crippen LogP) is 1.52. The molecule has 86 valence electrons. The second-order valence-electron chi connectivity index (χ2n) is 4.87. The van der Waals surface area contributed by atoms with E-state index >= 15 is 0 Å². The van der Waals surface area contributed by atoms with E-state index < -0.39 is 0 Å². The van der Waals surface area contributed by atoms with Crippen LogP contribution in [0.4, 0.5) is 0 Å². The summed E-state index contributed by atoms with van der Waals surface area (Å²) in [4.78, 5) is 7.53. The summed E-state index contributed by atoms with van der Waals surface area (Å²) in [6.07, 6.45) is 4.68. The molecular formula is C11H21N3O. The lowest BCUT2D eigenvalue weighted by Gasteiger charge is -2.40. The van der Waals surface area contributed by atoms with Crippen LogP contribution in [0.15, 0.2) is 0 Å². The summed E-state index contributed by atoms with van der Waals surface area (Å²) in [5.41, 5.74) is 2.93. The lowest BCUT2D eigenvalue weighted by atomic mass is 9.96. The highest BCUT2D eigenvalue weighted by atomic mass is 16.7. The van der Waals surface area contributed by atoms with Crippen molar-refractivity contribution < 1.29 is 4.84 Å². The Morgan fingerprint density at radius 2 is 2.07 bits per heavy atom. The van der Waals surface area contributed by atoms with Crippen LogP contribution in [0.2, 0.25) is 0 Å². The normalized spacial score (nSPS) is 38.0. The average Bonchev–Trinajstić information content (AvgIpc) is 2.58. The zero-order valence-corrected chi connectivity index (χ0v) is 9.62. The van der Waals surface area contributed by atoms with Gasteiger partial charge >= 0.3 is 0 Å². The molecule has 2 fully saturated rings. The third-order valence-electron chi connectivity index (χ3n) is 3.59. The number of nitrogens with one attached hydrogen (secondary N) is 2. The molecule has 0 aromatic rings. The van der Waals surface area contributed by atoms with Gasteiger partial charge in [-0.25, -0.2) is 0 Å². The van der Waals surface area contributed by atoms with Crippen molar-refractivity contribution >= 4 is 5.90 Å². The monoisotopic (exact) mass is 211 g/mol. The maximum Gasteiger partial charge on any atom is 0.208 e. The van der Waals surface area contributed by atoms with Gasteiger partial charge in [0.25, 0.3) is 0 Å². The third kappa shape index (κ3) is 2.49. The smallest absolute Gasteiger partial charge is 0.208 e. The van der Waals surface area contributed by atoms with Crippen molar-refractivity contribution in [2.75, 3.05) is 6.54 Å². The number of hydrogen-bond acceptors (Lipinski definition) is 4. The molecule has 0 bridgehead atoms. The van der Waals surface area contributed by atoms with Gasteiger partial charge in [-0.05, 0) is 26.7 Å². The van der Waals surface area contributed by atoms with Gasteiger partial charge < -0.3 is 4.84 Å². The summed E-state index contributed by atoms with van der Waals surface area (Å²) in [7, 11) is 0. The van der Waals surface area contributed by atoms with Crippen molar-refractivity contribution in [1.82, 2.24) is 10.4 Å². The van der Waals surface area contributed by atoms with Gasteiger partial charge in [0.1, 0.15) is 0 Å². The van der Waals surface area contributed by atoms with Gasteiger partial charge in [-0.2, -0.15) is 5.48 Å². The van der Waals surface area contributed by atoms with Crippen molar-refractivity contribution in [1.29, 1.82) is 5.41 Å². The summed E-state index contributed by atoms with van der Waals surface area (Å²) < 4.78 is 0. The Labute approximate surface area is 91.4 Å². The maximum atomic E-state index is 7.39. The Kier molecular flexibility index (Phi) is 3.26. The summed E-state index contributed by atoms with van der Waals surface area (Å²) in [6, 6.07) is 1.65. The topological polar surface area (TPSA) is 48.4 Å². The molecule has 0 aromatic heterocycles. The molecule has 2 aliphatic heterocycles. The van der Waals surface area contributed by atoms with Crippen LogP contribution in [0.5, 0.6) is 0 Å². The number of rotatable bonds is 2. The van der Waals surface area contributed by atoms with E-state index in [2.05, 4.69) is 24.2 Å². The zero-order chi connectivity index (χ0) is 10.8. The third-order valence-corrected chi connectivity index (χ3v) is 3.59. The average molecular weight is 211 g/mol. The van der Waals surface area contributed by atoms with Crippen LogP contribution in [0, 0.1) is 5.41 Å². The first-order valence-electron chi connectivity index (χ1n) is 5.92. The minimum Gasteiger partial charge on any atom is -0.393 e. The molecule has 0 radical (unpaired) electrons. The van der Waals surface area contributed by atoms with Gasteiger partial charge in [0.05, 0.1) is 6.04 Å². The Morgan fingerprint density at radius 3 is 2.60 bits per heavy atom. The van der Waals surface area contributed by atoms with Gasteiger partial charge in [-0.3, -0.25) is 10.3 Å². The highest BCUT2D eigenvalue weighted by molar-refractivity contribution is 5.74. The van der Waals surface area contributed by atoms with Crippen LogP contribution in [0.3, 0.4) is 0 Å². The Bertz CT molecular complexity index is 234. The molecule has 3 atom stereocenters. The summed E-state index contributed by atoms with van der Waals surface area (Å²) >= 11 is 0. The van der Waals surface area contributed by atoms with Crippen molar-refractivity contribution in [3.63, 3.8) is 0 Å². The lowest BCUT2D eigenvalue weighted by Crippen LogP contribution is -2.48. The highest BCUT2D eigenvalue weighted by Crippen LogP contribution is 2.23. The molecule has 0 spiro atoms. The fourth-order valence-corrected chi connectivity index (χ4v) is 2.65. The molecule has 15 heavy (non-hydrogen) atoms. The van der Waals surface area contributed by atoms with Gasteiger partial charge in [-0.15, -0.1) is 0 Å². The maximum absolute atomic E-state index is 7.39. The standard InChI is InChI=1S/C11H21N3O/c1-8-4-3-5-9(2)14(8)7-10-6-11(12)15-13-10/h8-10,12-13H,3-7H2,1-2H3. The quantitative estimate of drug-likeness (QED) is 0.728. The fraction of sp³-hybridized carbons (Fsp3) is 0.909.